The number of allylic oxidation sites excluding steroid dienone is 2. The third kappa shape index (κ3) is 3.74. The molecule has 34 valence electrons. The molecule has 0 aliphatic rings. The minimum absolute atomic E-state index is 0.963. The second-order valence-electron chi connectivity index (χ2n) is 1.10. The number of hydrogen-bond acceptors (Lipinski definition) is 0. The SMILES string of the molecule is [CH2]CC/[C]=C/C. The molecule has 0 heterocycles. The molecule has 0 nitrogen and oxygen atoms in total. The van der Waals surface area contributed by atoms with Gasteiger partial charge in [-0.15, -0.1) is 0 Å². The number of hydrogen-bond donors (Lipinski definition) is 0. The van der Waals surface area contributed by atoms with E-state index in [0.29, 0.717) is 0 Å². The summed E-state index contributed by atoms with van der Waals surface area (Å²) in [5.74, 6) is 0. The van der Waals surface area contributed by atoms with Crippen molar-refractivity contribution < 1.29 is 0 Å². The van der Waals surface area contributed by atoms with Crippen molar-refractivity contribution in [3.8, 4) is 0 Å². The molecule has 0 aromatic heterocycles. The van der Waals surface area contributed by atoms with Crippen LogP contribution in [0.15, 0.2) is 6.08 Å². The van der Waals surface area contributed by atoms with Crippen LogP contribution in [0.1, 0.15) is 19.8 Å². The van der Waals surface area contributed by atoms with Crippen molar-refractivity contribution in [1.29, 1.82) is 0 Å². The van der Waals surface area contributed by atoms with Crippen LogP contribution < -0.4 is 0 Å². The van der Waals surface area contributed by atoms with E-state index in [1.165, 1.54) is 0 Å². The number of unbranched alkanes of at least 4 members (excludes halogenated alkanes) is 1. The first-order valence-electron chi connectivity index (χ1n) is 2.22. The molecule has 0 fully saturated rings. The van der Waals surface area contributed by atoms with E-state index in [4.69, 9.17) is 0 Å². The van der Waals surface area contributed by atoms with Crippen LogP contribution in [0.2, 0.25) is 0 Å². The summed E-state index contributed by atoms with van der Waals surface area (Å²) >= 11 is 0. The van der Waals surface area contributed by atoms with E-state index in [1.807, 2.05) is 13.0 Å². The summed E-state index contributed by atoms with van der Waals surface area (Å²) in [5.41, 5.74) is 0. The van der Waals surface area contributed by atoms with Gasteiger partial charge in [-0.3, -0.25) is 0 Å². The van der Waals surface area contributed by atoms with Crippen molar-refractivity contribution in [2.45, 2.75) is 19.8 Å². The minimum atomic E-state index is 0.963. The summed E-state index contributed by atoms with van der Waals surface area (Å²) in [5, 5.41) is 0. The lowest BCUT2D eigenvalue weighted by Crippen LogP contribution is -1.57. The van der Waals surface area contributed by atoms with Crippen molar-refractivity contribution in [1.82, 2.24) is 0 Å². The first-order valence-corrected chi connectivity index (χ1v) is 2.22. The molecule has 0 heteroatoms. The Morgan fingerprint density at radius 3 is 2.67 bits per heavy atom. The molecule has 0 atom stereocenters. The van der Waals surface area contributed by atoms with Crippen LogP contribution in [0, 0.1) is 13.0 Å². The van der Waals surface area contributed by atoms with Gasteiger partial charge in [-0.1, -0.05) is 13.0 Å². The second kappa shape index (κ2) is 4.74. The Labute approximate surface area is 39.9 Å². The molecule has 0 aliphatic heterocycles. The highest BCUT2D eigenvalue weighted by atomic mass is 13.7. The molecule has 0 spiro atoms. The van der Waals surface area contributed by atoms with Gasteiger partial charge in [0.1, 0.15) is 0 Å². The van der Waals surface area contributed by atoms with Gasteiger partial charge in [-0.25, -0.2) is 0 Å². The normalized spacial score (nSPS) is 10.3. The molecule has 0 N–H and O–H groups in total. The average molecular weight is 82.1 g/mol. The average Bonchev–Trinajstić information content (AvgIpc) is 1.61. The van der Waals surface area contributed by atoms with Gasteiger partial charge in [0.05, 0.1) is 0 Å². The first kappa shape index (κ1) is 5.74. The fraction of sp³-hybridized carbons (Fsp3) is 0.500. The predicted octanol–water partition coefficient (Wildman–Crippen LogP) is 1.98. The van der Waals surface area contributed by atoms with Crippen LogP contribution in [-0.2, 0) is 0 Å². The van der Waals surface area contributed by atoms with Crippen LogP contribution in [0.25, 0.3) is 0 Å². The fourth-order valence-corrected chi connectivity index (χ4v) is 0.246. The second-order valence-corrected chi connectivity index (χ2v) is 1.10. The van der Waals surface area contributed by atoms with Gasteiger partial charge in [0.25, 0.3) is 0 Å². The summed E-state index contributed by atoms with van der Waals surface area (Å²) in [7, 11) is 0. The molecule has 0 bridgehead atoms. The summed E-state index contributed by atoms with van der Waals surface area (Å²) in [4.78, 5) is 0. The smallest absolute Gasteiger partial charge is 0.0280 e. The topological polar surface area (TPSA) is 0 Å². The Morgan fingerprint density at radius 2 is 2.50 bits per heavy atom. The van der Waals surface area contributed by atoms with Crippen molar-refractivity contribution >= 4 is 0 Å². The Balaban J connectivity index is 2.66. The van der Waals surface area contributed by atoms with Gasteiger partial charge < -0.3 is 0 Å². The Kier molecular flexibility index (Phi) is 4.53. The zero-order valence-corrected chi connectivity index (χ0v) is 4.20. The highest BCUT2D eigenvalue weighted by molar-refractivity contribution is 4.66. The Bertz CT molecular complexity index is 35.3. The maximum atomic E-state index is 3.64. The van der Waals surface area contributed by atoms with E-state index < -0.39 is 0 Å². The third-order valence-electron chi connectivity index (χ3n) is 0.525. The van der Waals surface area contributed by atoms with Gasteiger partial charge in [-0.2, -0.15) is 0 Å². The van der Waals surface area contributed by atoms with E-state index in [9.17, 15) is 0 Å². The molecule has 6 heavy (non-hydrogen) atoms. The molecule has 0 rings (SSSR count). The molecule has 0 amide bonds. The Morgan fingerprint density at radius 1 is 1.83 bits per heavy atom. The van der Waals surface area contributed by atoms with E-state index in [-0.39, 0.29) is 0 Å². The predicted molar refractivity (Wildman–Crippen MR) is 28.1 cm³/mol. The highest BCUT2D eigenvalue weighted by Crippen LogP contribution is 1.83. The van der Waals surface area contributed by atoms with E-state index in [2.05, 4.69) is 13.0 Å². The standard InChI is InChI=1S/C6H10/c1-3-5-6-4-2/h4H,1,3,5H2,2H3. The van der Waals surface area contributed by atoms with Gasteiger partial charge in [-0.05, 0) is 25.8 Å². The van der Waals surface area contributed by atoms with E-state index in [0.717, 1.165) is 12.8 Å². The lowest BCUT2D eigenvalue weighted by atomic mass is 10.3. The van der Waals surface area contributed by atoms with Gasteiger partial charge in [0.15, 0.2) is 0 Å². The molecule has 0 aromatic rings. The van der Waals surface area contributed by atoms with Gasteiger partial charge in [0, 0.05) is 0 Å². The third-order valence-corrected chi connectivity index (χ3v) is 0.525. The van der Waals surface area contributed by atoms with Gasteiger partial charge in [0.2, 0.25) is 0 Å². The number of rotatable bonds is 2. The lowest BCUT2D eigenvalue weighted by molar-refractivity contribution is 1.02. The summed E-state index contributed by atoms with van der Waals surface area (Å²) < 4.78 is 0. The van der Waals surface area contributed by atoms with Crippen LogP contribution >= 0.6 is 0 Å². The maximum Gasteiger partial charge on any atom is -0.0280 e. The first-order chi connectivity index (χ1) is 2.91. The van der Waals surface area contributed by atoms with E-state index >= 15 is 0 Å². The molecular formula is C6H10. The van der Waals surface area contributed by atoms with Crippen LogP contribution in [-0.4, -0.2) is 0 Å². The van der Waals surface area contributed by atoms with Crippen molar-refractivity contribution in [2.24, 2.45) is 0 Å². The molecule has 0 saturated heterocycles. The summed E-state index contributed by atoms with van der Waals surface area (Å²) in [6, 6.07) is 0. The molecule has 0 saturated carbocycles. The molecular weight excluding hydrogens is 72.1 g/mol. The summed E-state index contributed by atoms with van der Waals surface area (Å²) in [6.07, 6.45) is 6.89. The largest absolute Gasteiger partial charge is 0.0842 e. The van der Waals surface area contributed by atoms with Crippen LogP contribution in [0.3, 0.4) is 0 Å². The molecule has 0 unspecified atom stereocenters. The van der Waals surface area contributed by atoms with E-state index in [1.54, 1.807) is 0 Å². The van der Waals surface area contributed by atoms with Gasteiger partial charge >= 0.3 is 0 Å². The van der Waals surface area contributed by atoms with Crippen LogP contribution in [0.5, 0.6) is 0 Å². The Hall–Kier alpha value is -0.260. The summed E-state index contributed by atoms with van der Waals surface area (Å²) in [6.45, 7) is 5.61. The maximum absolute atomic E-state index is 3.64. The monoisotopic (exact) mass is 82.1 g/mol. The zero-order valence-electron chi connectivity index (χ0n) is 4.20. The van der Waals surface area contributed by atoms with Crippen LogP contribution in [0.4, 0.5) is 0 Å². The molecule has 0 aromatic carbocycles. The molecule has 2 radical (unpaired) electrons. The lowest BCUT2D eigenvalue weighted by Gasteiger charge is -1.74. The quantitative estimate of drug-likeness (QED) is 0.478. The minimum Gasteiger partial charge on any atom is -0.0842 e. The van der Waals surface area contributed by atoms with Crippen molar-refractivity contribution in [3.63, 3.8) is 0 Å². The fourth-order valence-electron chi connectivity index (χ4n) is 0.246. The zero-order chi connectivity index (χ0) is 4.83. The van der Waals surface area contributed by atoms with Crippen molar-refractivity contribution in [2.75, 3.05) is 0 Å². The molecule has 0 aliphatic carbocycles. The highest BCUT2D eigenvalue weighted by Gasteiger charge is 1.66. The van der Waals surface area contributed by atoms with Crippen molar-refractivity contribution in [3.05, 3.63) is 19.1 Å².